The van der Waals surface area contributed by atoms with Crippen molar-refractivity contribution in [3.8, 4) is 0 Å². The zero-order valence-electron chi connectivity index (χ0n) is 11.0. The summed E-state index contributed by atoms with van der Waals surface area (Å²) >= 11 is 5.70. The molecule has 3 N–H and O–H groups in total. The highest BCUT2D eigenvalue weighted by Crippen LogP contribution is 2.24. The summed E-state index contributed by atoms with van der Waals surface area (Å²) in [6.07, 6.45) is 1.44. The molecule has 0 fully saturated rings. The highest BCUT2D eigenvalue weighted by molar-refractivity contribution is 7.89. The molecule has 2 aromatic rings. The standard InChI is InChI=1S/C11H13ClFN5O2S/c1-18-6-15-17-10(18)5-16-21(19,20)8-2-7(4-14)11(12)9(13)3-8/h2-3,6,16H,4-5,14H2,1H3. The molecule has 21 heavy (non-hydrogen) atoms. The first kappa shape index (κ1) is 15.8. The topological polar surface area (TPSA) is 103 Å². The lowest BCUT2D eigenvalue weighted by Gasteiger charge is -2.09. The van der Waals surface area contributed by atoms with Crippen LogP contribution in [0.5, 0.6) is 0 Å². The highest BCUT2D eigenvalue weighted by atomic mass is 35.5. The van der Waals surface area contributed by atoms with Gasteiger partial charge in [-0.25, -0.2) is 17.5 Å². The number of halogens is 2. The third-order valence-corrected chi connectivity index (χ3v) is 4.64. The number of sulfonamides is 1. The van der Waals surface area contributed by atoms with Crippen molar-refractivity contribution in [2.75, 3.05) is 0 Å². The molecule has 0 aliphatic carbocycles. The highest BCUT2D eigenvalue weighted by Gasteiger charge is 2.19. The molecule has 0 aliphatic heterocycles. The number of aryl methyl sites for hydroxylation is 1. The van der Waals surface area contributed by atoms with Gasteiger partial charge in [-0.2, -0.15) is 0 Å². The molecule has 0 spiro atoms. The van der Waals surface area contributed by atoms with E-state index in [1.807, 2.05) is 0 Å². The van der Waals surface area contributed by atoms with Crippen LogP contribution in [-0.2, 0) is 30.2 Å². The lowest BCUT2D eigenvalue weighted by Crippen LogP contribution is -2.25. The van der Waals surface area contributed by atoms with Crippen molar-refractivity contribution in [1.29, 1.82) is 0 Å². The Kier molecular flexibility index (Phi) is 4.57. The van der Waals surface area contributed by atoms with Crippen LogP contribution in [0.15, 0.2) is 23.4 Å². The number of rotatable bonds is 5. The van der Waals surface area contributed by atoms with Gasteiger partial charge in [0.25, 0.3) is 0 Å². The second kappa shape index (κ2) is 6.06. The summed E-state index contributed by atoms with van der Waals surface area (Å²) in [4.78, 5) is -0.244. The maximum absolute atomic E-state index is 13.6. The van der Waals surface area contributed by atoms with E-state index < -0.39 is 15.8 Å². The van der Waals surface area contributed by atoms with Gasteiger partial charge in [0.05, 0.1) is 16.5 Å². The molecular formula is C11H13ClFN5O2S. The zero-order chi connectivity index (χ0) is 15.6. The molecule has 1 aromatic carbocycles. The van der Waals surface area contributed by atoms with Crippen LogP contribution in [0.4, 0.5) is 4.39 Å². The van der Waals surface area contributed by atoms with Crippen molar-refractivity contribution in [3.63, 3.8) is 0 Å². The fourth-order valence-corrected chi connectivity index (χ4v) is 2.86. The third kappa shape index (κ3) is 3.38. The van der Waals surface area contributed by atoms with Gasteiger partial charge in [0, 0.05) is 13.6 Å². The molecule has 0 radical (unpaired) electrons. The second-order valence-corrected chi connectivity index (χ2v) is 6.41. The summed E-state index contributed by atoms with van der Waals surface area (Å²) in [6.45, 7) is -0.135. The SMILES string of the molecule is Cn1cnnc1CNS(=O)(=O)c1cc(F)c(Cl)c(CN)c1. The van der Waals surface area contributed by atoms with E-state index in [0.29, 0.717) is 5.82 Å². The smallest absolute Gasteiger partial charge is 0.241 e. The van der Waals surface area contributed by atoms with Crippen LogP contribution in [0.2, 0.25) is 5.02 Å². The van der Waals surface area contributed by atoms with Gasteiger partial charge < -0.3 is 10.3 Å². The first-order valence-electron chi connectivity index (χ1n) is 5.85. The summed E-state index contributed by atoms with van der Waals surface area (Å²) in [5, 5.41) is 7.20. The molecule has 10 heteroatoms. The van der Waals surface area contributed by atoms with E-state index in [0.717, 1.165) is 6.07 Å². The van der Waals surface area contributed by atoms with Crippen LogP contribution < -0.4 is 10.5 Å². The molecule has 1 heterocycles. The van der Waals surface area contributed by atoms with Crippen LogP contribution in [0.1, 0.15) is 11.4 Å². The van der Waals surface area contributed by atoms with Gasteiger partial charge in [-0.05, 0) is 17.7 Å². The Morgan fingerprint density at radius 3 is 2.76 bits per heavy atom. The molecule has 0 aliphatic rings. The Morgan fingerprint density at radius 1 is 1.48 bits per heavy atom. The number of nitrogens with two attached hydrogens (primary N) is 1. The summed E-state index contributed by atoms with van der Waals surface area (Å²) in [5.74, 6) is -0.411. The summed E-state index contributed by atoms with van der Waals surface area (Å²) in [6, 6.07) is 2.09. The largest absolute Gasteiger partial charge is 0.326 e. The van der Waals surface area contributed by atoms with Crippen molar-refractivity contribution >= 4 is 21.6 Å². The number of nitrogens with zero attached hydrogens (tertiary/aromatic N) is 3. The monoisotopic (exact) mass is 333 g/mol. The summed E-state index contributed by atoms with van der Waals surface area (Å²) in [5.41, 5.74) is 5.63. The molecule has 0 amide bonds. The van der Waals surface area contributed by atoms with E-state index in [-0.39, 0.29) is 28.6 Å². The molecule has 0 bridgehead atoms. The average molecular weight is 334 g/mol. The van der Waals surface area contributed by atoms with Crippen LogP contribution in [0, 0.1) is 5.82 Å². The van der Waals surface area contributed by atoms with E-state index in [4.69, 9.17) is 17.3 Å². The first-order valence-corrected chi connectivity index (χ1v) is 7.72. The minimum absolute atomic E-state index is 0.0671. The maximum Gasteiger partial charge on any atom is 0.241 e. The summed E-state index contributed by atoms with van der Waals surface area (Å²) in [7, 11) is -2.23. The van der Waals surface area contributed by atoms with Crippen LogP contribution in [0.25, 0.3) is 0 Å². The van der Waals surface area contributed by atoms with E-state index in [1.54, 1.807) is 11.6 Å². The van der Waals surface area contributed by atoms with E-state index in [2.05, 4.69) is 14.9 Å². The quantitative estimate of drug-likeness (QED) is 0.831. The van der Waals surface area contributed by atoms with Crippen molar-refractivity contribution < 1.29 is 12.8 Å². The van der Waals surface area contributed by atoms with Gasteiger partial charge in [0.2, 0.25) is 10.0 Å². The minimum atomic E-state index is -3.91. The second-order valence-electron chi connectivity index (χ2n) is 4.26. The fourth-order valence-electron chi connectivity index (χ4n) is 1.63. The molecule has 2 rings (SSSR count). The Hall–Kier alpha value is -1.55. The van der Waals surface area contributed by atoms with E-state index >= 15 is 0 Å². The van der Waals surface area contributed by atoms with Gasteiger partial charge in [-0.3, -0.25) is 0 Å². The Bertz CT molecular complexity index is 762. The number of hydrogen-bond acceptors (Lipinski definition) is 5. The van der Waals surface area contributed by atoms with E-state index in [9.17, 15) is 12.8 Å². The van der Waals surface area contributed by atoms with Gasteiger partial charge >= 0.3 is 0 Å². The zero-order valence-corrected chi connectivity index (χ0v) is 12.6. The van der Waals surface area contributed by atoms with E-state index in [1.165, 1.54) is 12.4 Å². The molecule has 0 saturated heterocycles. The molecule has 7 nitrogen and oxygen atoms in total. The summed E-state index contributed by atoms with van der Waals surface area (Å²) < 4.78 is 41.8. The molecular weight excluding hydrogens is 321 g/mol. The molecule has 0 atom stereocenters. The van der Waals surface area contributed by atoms with Gasteiger partial charge in [0.15, 0.2) is 0 Å². The Balaban J connectivity index is 2.27. The van der Waals surface area contributed by atoms with Gasteiger partial charge in [-0.1, -0.05) is 11.6 Å². The van der Waals surface area contributed by atoms with Crippen LogP contribution >= 0.6 is 11.6 Å². The number of hydrogen-bond donors (Lipinski definition) is 2. The first-order chi connectivity index (χ1) is 9.85. The maximum atomic E-state index is 13.6. The minimum Gasteiger partial charge on any atom is -0.326 e. The lowest BCUT2D eigenvalue weighted by molar-refractivity contribution is 0.573. The predicted molar refractivity (Wildman–Crippen MR) is 74.3 cm³/mol. The Morgan fingerprint density at radius 2 is 2.19 bits per heavy atom. The number of nitrogens with one attached hydrogen (secondary N) is 1. The molecule has 0 saturated carbocycles. The number of benzene rings is 1. The van der Waals surface area contributed by atoms with Crippen LogP contribution in [0.3, 0.4) is 0 Å². The lowest BCUT2D eigenvalue weighted by atomic mass is 10.2. The van der Waals surface area contributed by atoms with Gasteiger partial charge in [0.1, 0.15) is 18.0 Å². The Labute approximate surface area is 126 Å². The van der Waals surface area contributed by atoms with Crippen molar-refractivity contribution in [2.45, 2.75) is 18.0 Å². The van der Waals surface area contributed by atoms with Gasteiger partial charge in [-0.15, -0.1) is 10.2 Å². The normalized spacial score (nSPS) is 11.8. The van der Waals surface area contributed by atoms with Crippen molar-refractivity contribution in [1.82, 2.24) is 19.5 Å². The predicted octanol–water partition coefficient (Wildman–Crippen LogP) is 0.545. The third-order valence-electron chi connectivity index (χ3n) is 2.83. The van der Waals surface area contributed by atoms with Crippen molar-refractivity contribution in [2.24, 2.45) is 12.8 Å². The number of aromatic nitrogens is 3. The molecule has 0 unspecified atom stereocenters. The van der Waals surface area contributed by atoms with Crippen molar-refractivity contribution in [3.05, 3.63) is 40.7 Å². The molecule has 1 aromatic heterocycles. The fraction of sp³-hybridized carbons (Fsp3) is 0.273. The average Bonchev–Trinajstić information content (AvgIpc) is 2.85. The molecule has 114 valence electrons. The van der Waals surface area contributed by atoms with Crippen LogP contribution in [-0.4, -0.2) is 23.2 Å².